The van der Waals surface area contributed by atoms with Gasteiger partial charge in [-0.25, -0.2) is 4.98 Å². The number of hydrogen-bond donors (Lipinski definition) is 1. The number of nitrogens with zero attached hydrogens (tertiary/aromatic N) is 2. The first-order valence-electron chi connectivity index (χ1n) is 9.59. The number of benzene rings is 3. The van der Waals surface area contributed by atoms with Gasteiger partial charge in [0.15, 0.2) is 5.16 Å². The summed E-state index contributed by atoms with van der Waals surface area (Å²) >= 11 is 1.47. The monoisotopic (exact) mass is 401 g/mol. The predicted octanol–water partition coefficient (Wildman–Crippen LogP) is 5.43. The smallest absolute Gasteiger partial charge is 0.234 e. The number of anilines is 1. The lowest BCUT2D eigenvalue weighted by atomic mass is 10.1. The van der Waals surface area contributed by atoms with Crippen LogP contribution < -0.4 is 5.32 Å². The Kier molecular flexibility index (Phi) is 5.67. The second-order valence-corrected chi connectivity index (χ2v) is 8.05. The van der Waals surface area contributed by atoms with Gasteiger partial charge in [-0.3, -0.25) is 4.79 Å². The Labute approximate surface area is 175 Å². The highest BCUT2D eigenvalue weighted by atomic mass is 32.2. The van der Waals surface area contributed by atoms with Crippen LogP contribution in [0, 0.1) is 13.8 Å². The molecule has 0 atom stereocenters. The number of rotatable bonds is 6. The summed E-state index contributed by atoms with van der Waals surface area (Å²) in [5.74, 6) is 0.283. The standard InChI is InChI=1S/C24H23N3OS/c1-17-12-13-20(18(2)14-17)25-23(28)16-29-24-26-21-10-6-7-11-22(21)27(24)15-19-8-4-3-5-9-19/h3-14H,15-16H2,1-2H3,(H,25,28). The second-order valence-electron chi connectivity index (χ2n) is 7.11. The normalized spacial score (nSPS) is 11.0. The number of nitrogens with one attached hydrogen (secondary N) is 1. The summed E-state index contributed by atoms with van der Waals surface area (Å²) < 4.78 is 2.18. The third-order valence-corrected chi connectivity index (χ3v) is 5.77. The molecule has 146 valence electrons. The Morgan fingerprint density at radius 3 is 2.55 bits per heavy atom. The number of fused-ring (bicyclic) bond motifs is 1. The van der Waals surface area contributed by atoms with Crippen molar-refractivity contribution in [3.63, 3.8) is 0 Å². The van der Waals surface area contributed by atoms with E-state index in [0.29, 0.717) is 5.75 Å². The van der Waals surface area contributed by atoms with E-state index in [1.54, 1.807) is 0 Å². The van der Waals surface area contributed by atoms with Crippen LogP contribution in [0.5, 0.6) is 0 Å². The fraction of sp³-hybridized carbons (Fsp3) is 0.167. The lowest BCUT2D eigenvalue weighted by molar-refractivity contribution is -0.113. The molecule has 0 aliphatic carbocycles. The molecule has 1 amide bonds. The fourth-order valence-electron chi connectivity index (χ4n) is 3.35. The van der Waals surface area contributed by atoms with E-state index in [4.69, 9.17) is 4.98 Å². The molecule has 0 fully saturated rings. The number of carbonyl (C=O) groups is 1. The zero-order valence-electron chi connectivity index (χ0n) is 16.6. The average Bonchev–Trinajstić information content (AvgIpc) is 3.07. The minimum absolute atomic E-state index is 0.0275. The molecule has 1 N–H and O–H groups in total. The SMILES string of the molecule is Cc1ccc(NC(=O)CSc2nc3ccccc3n2Cc2ccccc2)c(C)c1. The number of imidazole rings is 1. The van der Waals surface area contributed by atoms with Gasteiger partial charge in [0.1, 0.15) is 0 Å². The topological polar surface area (TPSA) is 46.9 Å². The van der Waals surface area contributed by atoms with Gasteiger partial charge in [0.25, 0.3) is 0 Å². The zero-order chi connectivity index (χ0) is 20.2. The summed E-state index contributed by atoms with van der Waals surface area (Å²) in [7, 11) is 0. The molecule has 0 unspecified atom stereocenters. The predicted molar refractivity (Wildman–Crippen MR) is 121 cm³/mol. The summed E-state index contributed by atoms with van der Waals surface area (Å²) in [6.45, 7) is 4.78. The van der Waals surface area contributed by atoms with Crippen LogP contribution in [0.2, 0.25) is 0 Å². The van der Waals surface area contributed by atoms with Crippen molar-refractivity contribution in [1.82, 2.24) is 9.55 Å². The number of para-hydroxylation sites is 2. The van der Waals surface area contributed by atoms with E-state index in [-0.39, 0.29) is 5.91 Å². The van der Waals surface area contributed by atoms with Crippen LogP contribution in [0.4, 0.5) is 5.69 Å². The Hall–Kier alpha value is -3.05. The molecule has 3 aromatic carbocycles. The Bertz CT molecular complexity index is 1150. The van der Waals surface area contributed by atoms with Gasteiger partial charge in [0.05, 0.1) is 23.3 Å². The molecular formula is C24H23N3OS. The molecule has 1 aromatic heterocycles. The summed E-state index contributed by atoms with van der Waals surface area (Å²) in [5, 5.41) is 3.87. The molecule has 4 rings (SSSR count). The summed E-state index contributed by atoms with van der Waals surface area (Å²) in [4.78, 5) is 17.3. The third-order valence-electron chi connectivity index (χ3n) is 4.79. The van der Waals surface area contributed by atoms with Crippen molar-refractivity contribution in [2.24, 2.45) is 0 Å². The quantitative estimate of drug-likeness (QED) is 0.438. The highest BCUT2D eigenvalue weighted by Gasteiger charge is 2.14. The lowest BCUT2D eigenvalue weighted by Crippen LogP contribution is -2.15. The van der Waals surface area contributed by atoms with Crippen molar-refractivity contribution >= 4 is 34.4 Å². The molecule has 0 saturated carbocycles. The highest BCUT2D eigenvalue weighted by Crippen LogP contribution is 2.26. The first-order valence-corrected chi connectivity index (χ1v) is 10.6. The summed E-state index contributed by atoms with van der Waals surface area (Å²) in [6, 6.07) is 24.4. The molecule has 5 heteroatoms. The van der Waals surface area contributed by atoms with Gasteiger partial charge in [-0.15, -0.1) is 0 Å². The van der Waals surface area contributed by atoms with Gasteiger partial charge in [0.2, 0.25) is 5.91 Å². The maximum Gasteiger partial charge on any atom is 0.234 e. The lowest BCUT2D eigenvalue weighted by Gasteiger charge is -2.11. The maximum atomic E-state index is 12.5. The number of aryl methyl sites for hydroxylation is 2. The zero-order valence-corrected chi connectivity index (χ0v) is 17.4. The van der Waals surface area contributed by atoms with Gasteiger partial charge in [0, 0.05) is 5.69 Å². The van der Waals surface area contributed by atoms with Crippen LogP contribution in [0.3, 0.4) is 0 Å². The Morgan fingerprint density at radius 1 is 1.00 bits per heavy atom. The molecule has 0 aliphatic heterocycles. The van der Waals surface area contributed by atoms with Gasteiger partial charge < -0.3 is 9.88 Å². The van der Waals surface area contributed by atoms with E-state index in [1.165, 1.54) is 22.9 Å². The molecule has 0 radical (unpaired) electrons. The van der Waals surface area contributed by atoms with E-state index in [1.807, 2.05) is 62.4 Å². The molecular weight excluding hydrogens is 378 g/mol. The van der Waals surface area contributed by atoms with E-state index in [2.05, 4.69) is 34.1 Å². The van der Waals surface area contributed by atoms with Crippen LogP contribution in [-0.2, 0) is 11.3 Å². The van der Waals surface area contributed by atoms with E-state index in [9.17, 15) is 4.79 Å². The van der Waals surface area contributed by atoms with Crippen LogP contribution in [0.1, 0.15) is 16.7 Å². The number of hydrogen-bond acceptors (Lipinski definition) is 3. The van der Waals surface area contributed by atoms with Crippen molar-refractivity contribution in [1.29, 1.82) is 0 Å². The molecule has 4 nitrogen and oxygen atoms in total. The van der Waals surface area contributed by atoms with Crippen molar-refractivity contribution in [3.8, 4) is 0 Å². The van der Waals surface area contributed by atoms with Crippen LogP contribution >= 0.6 is 11.8 Å². The molecule has 4 aromatic rings. The Balaban J connectivity index is 1.52. The van der Waals surface area contributed by atoms with Crippen molar-refractivity contribution in [3.05, 3.63) is 89.5 Å². The van der Waals surface area contributed by atoms with E-state index < -0.39 is 0 Å². The minimum atomic E-state index is -0.0275. The molecule has 0 aliphatic rings. The van der Waals surface area contributed by atoms with Gasteiger partial charge in [-0.1, -0.05) is 71.9 Å². The maximum absolute atomic E-state index is 12.5. The van der Waals surface area contributed by atoms with Crippen molar-refractivity contribution in [2.75, 3.05) is 11.1 Å². The van der Waals surface area contributed by atoms with E-state index >= 15 is 0 Å². The molecule has 0 spiro atoms. The third kappa shape index (κ3) is 4.51. The first kappa shape index (κ1) is 19.3. The molecule has 0 saturated heterocycles. The van der Waals surface area contributed by atoms with Crippen molar-refractivity contribution in [2.45, 2.75) is 25.5 Å². The average molecular weight is 402 g/mol. The fourth-order valence-corrected chi connectivity index (χ4v) is 4.17. The van der Waals surface area contributed by atoms with E-state index in [0.717, 1.165) is 34.0 Å². The number of thioether (sulfide) groups is 1. The van der Waals surface area contributed by atoms with Crippen LogP contribution in [-0.4, -0.2) is 21.2 Å². The summed E-state index contributed by atoms with van der Waals surface area (Å²) in [5.41, 5.74) is 6.34. The van der Waals surface area contributed by atoms with Crippen molar-refractivity contribution < 1.29 is 4.79 Å². The van der Waals surface area contributed by atoms with Crippen LogP contribution in [0.25, 0.3) is 11.0 Å². The number of aromatic nitrogens is 2. The highest BCUT2D eigenvalue weighted by molar-refractivity contribution is 7.99. The van der Waals surface area contributed by atoms with Gasteiger partial charge in [-0.05, 0) is 43.2 Å². The van der Waals surface area contributed by atoms with Gasteiger partial charge in [-0.2, -0.15) is 0 Å². The van der Waals surface area contributed by atoms with Gasteiger partial charge >= 0.3 is 0 Å². The Morgan fingerprint density at radius 2 is 1.76 bits per heavy atom. The largest absolute Gasteiger partial charge is 0.325 e. The number of amides is 1. The summed E-state index contributed by atoms with van der Waals surface area (Å²) in [6.07, 6.45) is 0. The molecule has 1 heterocycles. The number of carbonyl (C=O) groups excluding carboxylic acids is 1. The minimum Gasteiger partial charge on any atom is -0.325 e. The van der Waals surface area contributed by atoms with Crippen LogP contribution in [0.15, 0.2) is 78.0 Å². The second kappa shape index (κ2) is 8.53. The molecule has 0 bridgehead atoms. The molecule has 29 heavy (non-hydrogen) atoms. The first-order chi connectivity index (χ1) is 14.1.